The van der Waals surface area contributed by atoms with E-state index < -0.39 is 0 Å². The number of nitrogens with zero attached hydrogens (tertiary/aromatic N) is 1. The zero-order valence-corrected chi connectivity index (χ0v) is 13.9. The molecule has 114 valence electrons. The quantitative estimate of drug-likeness (QED) is 0.837. The summed E-state index contributed by atoms with van der Waals surface area (Å²) in [5.74, 6) is 0.768. The summed E-state index contributed by atoms with van der Waals surface area (Å²) in [4.78, 5) is 5.55. The van der Waals surface area contributed by atoms with Crippen molar-refractivity contribution in [1.29, 1.82) is 0 Å². The van der Waals surface area contributed by atoms with E-state index in [1.807, 2.05) is 18.4 Å². The molecule has 1 fully saturated rings. The molecule has 0 atom stereocenters. The highest BCUT2D eigenvalue weighted by molar-refractivity contribution is 7.12. The average Bonchev–Trinajstić information content (AvgIpc) is 2.79. The van der Waals surface area contributed by atoms with Gasteiger partial charge in [-0.15, -0.1) is 11.3 Å². The highest BCUT2D eigenvalue weighted by Crippen LogP contribution is 2.25. The molecule has 1 aliphatic heterocycles. The van der Waals surface area contributed by atoms with Gasteiger partial charge in [0.2, 0.25) is 0 Å². The van der Waals surface area contributed by atoms with Crippen LogP contribution < -0.4 is 5.32 Å². The maximum atomic E-state index is 5.27. The van der Waals surface area contributed by atoms with Crippen LogP contribution in [-0.4, -0.2) is 38.3 Å². The fraction of sp³-hybridized carbons (Fsp3) is 0.750. The third kappa shape index (κ3) is 4.55. The van der Waals surface area contributed by atoms with Gasteiger partial charge in [0, 0.05) is 36.6 Å². The number of methoxy groups -OCH3 is 1. The molecule has 0 spiro atoms. The molecule has 1 aliphatic rings. The smallest absolute Gasteiger partial charge is 0.0491 e. The van der Waals surface area contributed by atoms with E-state index in [2.05, 4.69) is 30.1 Å². The van der Waals surface area contributed by atoms with Crippen molar-refractivity contribution < 1.29 is 4.74 Å². The zero-order valence-electron chi connectivity index (χ0n) is 13.1. The number of ether oxygens (including phenoxy) is 1. The number of rotatable bonds is 7. The topological polar surface area (TPSA) is 24.5 Å². The number of hydrogen-bond donors (Lipinski definition) is 1. The van der Waals surface area contributed by atoms with Crippen molar-refractivity contribution in [2.45, 2.75) is 39.8 Å². The highest BCUT2D eigenvalue weighted by atomic mass is 32.1. The van der Waals surface area contributed by atoms with Crippen molar-refractivity contribution in [3.05, 3.63) is 21.4 Å². The minimum absolute atomic E-state index is 0.768. The summed E-state index contributed by atoms with van der Waals surface area (Å²) in [5, 5.41) is 3.41. The van der Waals surface area contributed by atoms with Gasteiger partial charge in [0.15, 0.2) is 0 Å². The minimum atomic E-state index is 0.768. The number of likely N-dealkylation sites (tertiary alicyclic amines) is 1. The molecule has 2 heterocycles. The molecule has 0 aliphatic carbocycles. The lowest BCUT2D eigenvalue weighted by molar-refractivity contribution is 0.0968. The third-order valence-electron chi connectivity index (χ3n) is 4.12. The Morgan fingerprint density at radius 3 is 2.80 bits per heavy atom. The molecule has 1 aromatic heterocycles. The lowest BCUT2D eigenvalue weighted by atomic mass is 9.97. The van der Waals surface area contributed by atoms with Crippen LogP contribution in [0.15, 0.2) is 6.07 Å². The lowest BCUT2D eigenvalue weighted by Crippen LogP contribution is -2.34. The lowest BCUT2D eigenvalue weighted by Gasteiger charge is -2.31. The molecule has 0 saturated carbocycles. The molecule has 1 saturated heterocycles. The summed E-state index contributed by atoms with van der Waals surface area (Å²) < 4.78 is 5.27. The molecule has 0 bridgehead atoms. The summed E-state index contributed by atoms with van der Waals surface area (Å²) in [6.45, 7) is 10.9. The summed E-state index contributed by atoms with van der Waals surface area (Å²) in [6.07, 6.45) is 2.56. The third-order valence-corrected chi connectivity index (χ3v) is 5.22. The average molecular weight is 296 g/mol. The molecule has 3 nitrogen and oxygen atoms in total. The van der Waals surface area contributed by atoms with Crippen LogP contribution in [0.2, 0.25) is 0 Å². The van der Waals surface area contributed by atoms with Crippen molar-refractivity contribution in [2.75, 3.05) is 33.4 Å². The van der Waals surface area contributed by atoms with Crippen LogP contribution in [0, 0.1) is 12.8 Å². The Morgan fingerprint density at radius 2 is 2.15 bits per heavy atom. The maximum absolute atomic E-state index is 5.27. The largest absolute Gasteiger partial charge is 0.384 e. The monoisotopic (exact) mass is 296 g/mol. The predicted molar refractivity (Wildman–Crippen MR) is 86.3 cm³/mol. The first kappa shape index (κ1) is 16.0. The van der Waals surface area contributed by atoms with Gasteiger partial charge in [-0.25, -0.2) is 0 Å². The Balaban J connectivity index is 1.83. The standard InChI is InChI=1S/C16H28N2OS/c1-4-17-10-16-9-15(13(2)20-16)11-18-7-5-14(6-8-18)12-19-3/h9,14,17H,4-8,10-12H2,1-3H3. The van der Waals surface area contributed by atoms with Crippen LogP contribution in [0.4, 0.5) is 0 Å². The number of piperidine rings is 1. The number of hydrogen-bond acceptors (Lipinski definition) is 4. The first-order chi connectivity index (χ1) is 9.72. The van der Waals surface area contributed by atoms with Gasteiger partial charge in [-0.1, -0.05) is 6.92 Å². The number of aryl methyl sites for hydroxylation is 1. The van der Waals surface area contributed by atoms with Gasteiger partial charge < -0.3 is 10.1 Å². The Hall–Kier alpha value is -0.420. The van der Waals surface area contributed by atoms with Crippen molar-refractivity contribution in [1.82, 2.24) is 10.2 Å². The van der Waals surface area contributed by atoms with Gasteiger partial charge >= 0.3 is 0 Å². The molecule has 1 aromatic rings. The Bertz CT molecular complexity index is 397. The highest BCUT2D eigenvalue weighted by Gasteiger charge is 2.20. The Morgan fingerprint density at radius 1 is 1.40 bits per heavy atom. The van der Waals surface area contributed by atoms with Gasteiger partial charge in [0.1, 0.15) is 0 Å². The first-order valence-electron chi connectivity index (χ1n) is 7.73. The molecule has 0 unspecified atom stereocenters. The van der Waals surface area contributed by atoms with Crippen molar-refractivity contribution in [3.63, 3.8) is 0 Å². The Kier molecular flexibility index (Phi) is 6.49. The molecule has 1 N–H and O–H groups in total. The van der Waals surface area contributed by atoms with E-state index in [4.69, 9.17) is 4.74 Å². The van der Waals surface area contributed by atoms with E-state index in [9.17, 15) is 0 Å². The minimum Gasteiger partial charge on any atom is -0.384 e. The van der Waals surface area contributed by atoms with Gasteiger partial charge in [0.05, 0.1) is 0 Å². The van der Waals surface area contributed by atoms with Gasteiger partial charge in [0.25, 0.3) is 0 Å². The molecule has 4 heteroatoms. The van der Waals surface area contributed by atoms with E-state index in [-0.39, 0.29) is 0 Å². The molecule has 0 aromatic carbocycles. The predicted octanol–water partition coefficient (Wildman–Crippen LogP) is 3.02. The molecule has 0 amide bonds. The van der Waals surface area contributed by atoms with E-state index in [0.29, 0.717) is 0 Å². The van der Waals surface area contributed by atoms with Gasteiger partial charge in [-0.05, 0) is 56.9 Å². The Labute approximate surface area is 127 Å². The van der Waals surface area contributed by atoms with Crippen molar-refractivity contribution >= 4 is 11.3 Å². The van der Waals surface area contributed by atoms with Crippen LogP contribution >= 0.6 is 11.3 Å². The van der Waals surface area contributed by atoms with E-state index in [0.717, 1.165) is 32.2 Å². The molecule has 0 radical (unpaired) electrons. The summed E-state index contributed by atoms with van der Waals surface area (Å²) >= 11 is 1.94. The van der Waals surface area contributed by atoms with Crippen molar-refractivity contribution in [2.24, 2.45) is 5.92 Å². The van der Waals surface area contributed by atoms with Crippen LogP contribution in [0.3, 0.4) is 0 Å². The normalized spacial score (nSPS) is 17.8. The summed E-state index contributed by atoms with van der Waals surface area (Å²) in [6, 6.07) is 2.39. The van der Waals surface area contributed by atoms with Gasteiger partial charge in [-0.2, -0.15) is 0 Å². The zero-order chi connectivity index (χ0) is 14.4. The van der Waals surface area contributed by atoms with Crippen LogP contribution in [-0.2, 0) is 17.8 Å². The molecule has 20 heavy (non-hydrogen) atoms. The second-order valence-corrected chi connectivity index (χ2v) is 7.09. The number of nitrogens with one attached hydrogen (secondary N) is 1. The fourth-order valence-corrected chi connectivity index (χ4v) is 3.89. The molecule has 2 rings (SSSR count). The number of thiophene rings is 1. The second-order valence-electron chi connectivity index (χ2n) is 5.75. The van der Waals surface area contributed by atoms with Crippen molar-refractivity contribution in [3.8, 4) is 0 Å². The maximum Gasteiger partial charge on any atom is 0.0491 e. The fourth-order valence-electron chi connectivity index (χ4n) is 2.87. The first-order valence-corrected chi connectivity index (χ1v) is 8.54. The molecular weight excluding hydrogens is 268 g/mol. The van der Waals surface area contributed by atoms with E-state index in [1.165, 1.54) is 41.2 Å². The summed E-state index contributed by atoms with van der Waals surface area (Å²) in [5.41, 5.74) is 1.52. The SMILES string of the molecule is CCNCc1cc(CN2CCC(COC)CC2)c(C)s1. The van der Waals surface area contributed by atoms with Crippen LogP contribution in [0.1, 0.15) is 35.1 Å². The van der Waals surface area contributed by atoms with Crippen LogP contribution in [0.5, 0.6) is 0 Å². The van der Waals surface area contributed by atoms with Gasteiger partial charge in [-0.3, -0.25) is 4.90 Å². The second kappa shape index (κ2) is 8.13. The van der Waals surface area contributed by atoms with E-state index >= 15 is 0 Å². The van der Waals surface area contributed by atoms with Crippen LogP contribution in [0.25, 0.3) is 0 Å². The molecular formula is C16H28N2OS. The summed E-state index contributed by atoms with van der Waals surface area (Å²) in [7, 11) is 1.81. The van der Waals surface area contributed by atoms with E-state index in [1.54, 1.807) is 0 Å².